The predicted molar refractivity (Wildman–Crippen MR) is 152 cm³/mol. The number of aliphatic hydroxyl groups is 1. The molecule has 0 fully saturated rings. The highest BCUT2D eigenvalue weighted by atomic mass is 35.5. The van der Waals surface area contributed by atoms with E-state index in [1.807, 2.05) is 32.9 Å². The van der Waals surface area contributed by atoms with Crippen molar-refractivity contribution in [1.29, 1.82) is 0 Å². The molecule has 1 aliphatic rings. The van der Waals surface area contributed by atoms with E-state index in [-0.39, 0.29) is 12.3 Å². The number of carbonyl (C=O) groups excluding carboxylic acids is 2. The molecule has 0 radical (unpaired) electrons. The first-order chi connectivity index (χ1) is 18.4. The number of fused-ring (bicyclic) bond motifs is 1. The van der Waals surface area contributed by atoms with Gasteiger partial charge >= 0.3 is 6.18 Å². The van der Waals surface area contributed by atoms with Gasteiger partial charge in [-0.1, -0.05) is 57.0 Å². The molecular weight excluding hydrogens is 552 g/mol. The van der Waals surface area contributed by atoms with E-state index in [0.717, 1.165) is 30.2 Å². The summed E-state index contributed by atoms with van der Waals surface area (Å²) in [7, 11) is 2.76. The van der Waals surface area contributed by atoms with E-state index in [1.54, 1.807) is 24.6 Å². The smallest absolute Gasteiger partial charge is 0.400 e. The zero-order chi connectivity index (χ0) is 30.0. The molecule has 5 nitrogen and oxygen atoms in total. The van der Waals surface area contributed by atoms with Gasteiger partial charge in [-0.25, -0.2) is 0 Å². The number of aryl methyl sites for hydroxylation is 1. The van der Waals surface area contributed by atoms with E-state index in [1.165, 1.54) is 6.08 Å². The van der Waals surface area contributed by atoms with Gasteiger partial charge in [-0.2, -0.15) is 13.2 Å². The third-order valence-electron chi connectivity index (χ3n) is 6.94. The molecule has 2 N–H and O–H groups in total. The lowest BCUT2D eigenvalue weighted by atomic mass is 9.82. The quantitative estimate of drug-likeness (QED) is 0.225. The Morgan fingerprint density at radius 1 is 1.15 bits per heavy atom. The number of amides is 1. The van der Waals surface area contributed by atoms with E-state index in [9.17, 15) is 22.8 Å². The number of halogens is 5. The Bertz CT molecular complexity index is 1150. The van der Waals surface area contributed by atoms with Gasteiger partial charge < -0.3 is 19.8 Å². The second-order valence-electron chi connectivity index (χ2n) is 9.58. The van der Waals surface area contributed by atoms with Crippen molar-refractivity contribution in [3.63, 3.8) is 0 Å². The number of aldehydes is 1. The lowest BCUT2D eigenvalue weighted by Crippen LogP contribution is -2.26. The van der Waals surface area contributed by atoms with Crippen LogP contribution in [0.15, 0.2) is 23.8 Å². The number of allylic oxidation sites excluding steroid dienone is 1. The van der Waals surface area contributed by atoms with Crippen LogP contribution in [0.3, 0.4) is 0 Å². The minimum Gasteiger partial charge on any atom is -0.400 e. The Morgan fingerprint density at radius 3 is 2.36 bits per heavy atom. The molecule has 0 spiro atoms. The maximum Gasteiger partial charge on any atom is 0.412 e. The molecule has 1 aliphatic carbocycles. The van der Waals surface area contributed by atoms with Crippen LogP contribution in [0, 0.1) is 5.41 Å². The first kappa shape index (κ1) is 34.7. The second-order valence-corrected chi connectivity index (χ2v) is 10.4. The summed E-state index contributed by atoms with van der Waals surface area (Å²) in [6, 6.07) is 5.53. The van der Waals surface area contributed by atoms with Crippen LogP contribution in [0.2, 0.25) is 10.0 Å². The number of carbonyl (C=O) groups is 2. The van der Waals surface area contributed by atoms with Crippen LogP contribution < -0.4 is 5.32 Å². The van der Waals surface area contributed by atoms with Gasteiger partial charge in [-0.15, -0.1) is 0 Å². The van der Waals surface area contributed by atoms with Crippen molar-refractivity contribution >= 4 is 42.0 Å². The summed E-state index contributed by atoms with van der Waals surface area (Å²) in [4.78, 5) is 22.2. The molecule has 2 unspecified atom stereocenters. The van der Waals surface area contributed by atoms with Crippen LogP contribution in [0.4, 0.5) is 13.2 Å². The van der Waals surface area contributed by atoms with Gasteiger partial charge in [0.15, 0.2) is 0 Å². The van der Waals surface area contributed by atoms with Crippen molar-refractivity contribution in [2.75, 3.05) is 13.7 Å². The van der Waals surface area contributed by atoms with E-state index >= 15 is 0 Å². The molecule has 0 saturated carbocycles. The highest BCUT2D eigenvalue weighted by Crippen LogP contribution is 2.42. The summed E-state index contributed by atoms with van der Waals surface area (Å²) in [6.45, 7) is 8.05. The number of hydrogen-bond acceptors (Lipinski definition) is 3. The summed E-state index contributed by atoms with van der Waals surface area (Å²) < 4.78 is 41.9. The monoisotopic (exact) mass is 590 g/mol. The highest BCUT2D eigenvalue weighted by molar-refractivity contribution is 6.36. The van der Waals surface area contributed by atoms with Gasteiger partial charge in [0.1, 0.15) is 6.29 Å². The van der Waals surface area contributed by atoms with Gasteiger partial charge in [0.25, 0.3) is 0 Å². The molecule has 39 heavy (non-hydrogen) atoms. The van der Waals surface area contributed by atoms with Crippen LogP contribution in [-0.4, -0.2) is 42.2 Å². The van der Waals surface area contributed by atoms with E-state index in [0.29, 0.717) is 59.9 Å². The Balaban J connectivity index is 0.00000181. The van der Waals surface area contributed by atoms with Crippen molar-refractivity contribution in [2.45, 2.75) is 71.9 Å². The van der Waals surface area contributed by atoms with Gasteiger partial charge in [0, 0.05) is 59.5 Å². The lowest BCUT2D eigenvalue weighted by molar-refractivity contribution is -0.116. The lowest BCUT2D eigenvalue weighted by Gasteiger charge is -2.23. The summed E-state index contributed by atoms with van der Waals surface area (Å²) >= 11 is 13.2. The van der Waals surface area contributed by atoms with Gasteiger partial charge in [0.2, 0.25) is 6.41 Å². The van der Waals surface area contributed by atoms with Crippen molar-refractivity contribution < 1.29 is 27.9 Å². The molecule has 0 bridgehead atoms. The fourth-order valence-corrected chi connectivity index (χ4v) is 5.17. The molecule has 2 aromatic rings. The molecule has 1 amide bonds. The number of benzene rings is 1. The summed E-state index contributed by atoms with van der Waals surface area (Å²) in [5.41, 5.74) is 2.66. The first-order valence-electron chi connectivity index (χ1n) is 12.9. The maximum atomic E-state index is 13.4. The standard InChI is InChI=1S/C26H29Cl2F3N2O2.C2H6.CH4O/c1-16-10-18(26(29,30)31)11-23-20(16)12-19(33(23)3)13-21-22(27)5-4-17(24(21)28)6-7-25(2,14-34)8-9-32-15-35;2*1-2/h4-5,11-12,14-16H,6-10,13H2,1-3H3,(H,32,35);1-2H3;2H,1H3. The third-order valence-corrected chi connectivity index (χ3v) is 7.76. The van der Waals surface area contributed by atoms with Crippen LogP contribution >= 0.6 is 23.2 Å². The number of alkyl halides is 3. The number of aromatic nitrogens is 1. The normalized spacial score (nSPS) is 15.9. The molecule has 1 aromatic heterocycles. The molecule has 3 rings (SSSR count). The summed E-state index contributed by atoms with van der Waals surface area (Å²) in [5, 5.41) is 10.6. The maximum absolute atomic E-state index is 13.4. The zero-order valence-corrected chi connectivity index (χ0v) is 24.9. The van der Waals surface area contributed by atoms with Gasteiger partial charge in [0.05, 0.1) is 0 Å². The third kappa shape index (κ3) is 8.85. The largest absolute Gasteiger partial charge is 0.412 e. The minimum atomic E-state index is -4.35. The van der Waals surface area contributed by atoms with Crippen LogP contribution in [0.5, 0.6) is 0 Å². The predicted octanol–water partition coefficient (Wildman–Crippen LogP) is 7.28. The molecule has 218 valence electrons. The van der Waals surface area contributed by atoms with Crippen LogP contribution in [0.1, 0.15) is 81.0 Å². The second kappa shape index (κ2) is 15.5. The van der Waals surface area contributed by atoms with E-state index in [4.69, 9.17) is 28.3 Å². The summed E-state index contributed by atoms with van der Waals surface area (Å²) in [6.07, 6.45) is 0.303. The average molecular weight is 592 g/mol. The van der Waals surface area contributed by atoms with Gasteiger partial charge in [-0.3, -0.25) is 4.79 Å². The number of nitrogens with zero attached hydrogens (tertiary/aromatic N) is 1. The fourth-order valence-electron chi connectivity index (χ4n) is 4.57. The van der Waals surface area contributed by atoms with E-state index < -0.39 is 17.2 Å². The van der Waals surface area contributed by atoms with Crippen molar-refractivity contribution in [1.82, 2.24) is 9.88 Å². The fraction of sp³-hybridized carbons (Fsp3) is 0.517. The number of aliphatic hydroxyl groups excluding tert-OH is 1. The Labute approximate surface area is 239 Å². The van der Waals surface area contributed by atoms with Crippen LogP contribution in [-0.2, 0) is 29.5 Å². The Hall–Kier alpha value is -2.29. The highest BCUT2D eigenvalue weighted by Gasteiger charge is 2.37. The first-order valence-corrected chi connectivity index (χ1v) is 13.7. The Morgan fingerprint density at radius 2 is 1.79 bits per heavy atom. The molecule has 10 heteroatoms. The van der Waals surface area contributed by atoms with Crippen molar-refractivity contribution in [3.05, 3.63) is 61.9 Å². The molecule has 1 heterocycles. The zero-order valence-electron chi connectivity index (χ0n) is 23.4. The van der Waals surface area contributed by atoms with Crippen molar-refractivity contribution in [2.24, 2.45) is 12.5 Å². The number of hydrogen-bond donors (Lipinski definition) is 2. The number of nitrogens with one attached hydrogen (secondary N) is 1. The van der Waals surface area contributed by atoms with Crippen molar-refractivity contribution in [3.8, 4) is 0 Å². The van der Waals surface area contributed by atoms with E-state index in [2.05, 4.69) is 5.32 Å². The minimum absolute atomic E-state index is 0.0468. The van der Waals surface area contributed by atoms with Crippen LogP contribution in [0.25, 0.3) is 6.08 Å². The topological polar surface area (TPSA) is 71.3 Å². The molecular formula is C29H39Cl2F3N2O3. The molecule has 0 saturated heterocycles. The molecule has 1 aromatic carbocycles. The SMILES string of the molecule is CC.CC1CC(C(F)(F)F)=Cc2c1cc(Cc1c(Cl)ccc(CCC(C)(C=O)CCNC=O)c1Cl)n2C.CO. The Kier molecular flexibility index (Phi) is 13.8. The average Bonchev–Trinajstić information content (AvgIpc) is 3.23. The molecule has 0 aliphatic heterocycles. The molecule has 2 atom stereocenters. The number of rotatable bonds is 10. The summed E-state index contributed by atoms with van der Waals surface area (Å²) in [5.74, 6) is -0.251. The van der Waals surface area contributed by atoms with Gasteiger partial charge in [-0.05, 0) is 66.5 Å².